The molecule has 1 amide bonds. The van der Waals surface area contributed by atoms with Crippen LogP contribution in [0.3, 0.4) is 0 Å². The lowest BCUT2D eigenvalue weighted by Crippen LogP contribution is -2.19. The Kier molecular flexibility index (Phi) is 5.93. The number of nitrogens with one attached hydrogen (secondary N) is 3. The summed E-state index contributed by atoms with van der Waals surface area (Å²) in [6, 6.07) is 18.6. The highest BCUT2D eigenvalue weighted by Gasteiger charge is 2.08. The van der Waals surface area contributed by atoms with Crippen LogP contribution < -0.4 is 16.0 Å². The third-order valence-corrected chi connectivity index (χ3v) is 4.40. The first kappa shape index (κ1) is 18.0. The van der Waals surface area contributed by atoms with Crippen molar-refractivity contribution in [3.05, 3.63) is 72.7 Å². The summed E-state index contributed by atoms with van der Waals surface area (Å²) in [5.41, 5.74) is 2.42. The van der Waals surface area contributed by atoms with Gasteiger partial charge in [-0.3, -0.25) is 4.79 Å². The van der Waals surface area contributed by atoms with E-state index >= 15 is 0 Å². The molecule has 0 unspecified atom stereocenters. The summed E-state index contributed by atoms with van der Waals surface area (Å²) in [5.74, 6) is -0.0216. The molecule has 3 rings (SSSR count). The number of furan rings is 1. The summed E-state index contributed by atoms with van der Waals surface area (Å²) in [5, 5.41) is 9.54. The molecule has 1 aromatic heterocycles. The first-order chi connectivity index (χ1) is 12.6. The minimum absolute atomic E-state index is 0.269. The third kappa shape index (κ3) is 4.87. The summed E-state index contributed by atoms with van der Waals surface area (Å²) in [6.07, 6.45) is 3.49. The average Bonchev–Trinajstić information content (AvgIpc) is 3.18. The third-order valence-electron chi connectivity index (χ3n) is 3.47. The van der Waals surface area contributed by atoms with Crippen LogP contribution in [0.5, 0.6) is 0 Å². The molecule has 0 radical (unpaired) electrons. The van der Waals surface area contributed by atoms with Crippen LogP contribution in [0.25, 0.3) is 0 Å². The molecule has 0 atom stereocenters. The molecule has 0 aliphatic rings. The van der Waals surface area contributed by atoms with Crippen molar-refractivity contribution in [2.24, 2.45) is 0 Å². The fraction of sp³-hybridized carbons (Fsp3) is 0.0526. The highest BCUT2D eigenvalue weighted by atomic mass is 32.2. The number of carbonyl (C=O) groups excluding carboxylic acids is 1. The number of hydrogen-bond donors (Lipinski definition) is 3. The molecule has 0 aliphatic carbocycles. The zero-order valence-electron chi connectivity index (χ0n) is 14.0. The maximum atomic E-state index is 11.9. The number of carbonyl (C=O) groups is 1. The molecule has 5 nitrogen and oxygen atoms in total. The summed E-state index contributed by atoms with van der Waals surface area (Å²) in [4.78, 5) is 13.1. The molecule has 0 fully saturated rings. The molecular weight excluding hydrogens is 366 g/mol. The second-order valence-corrected chi connectivity index (χ2v) is 6.61. The Morgan fingerprint density at radius 1 is 0.923 bits per heavy atom. The molecule has 132 valence electrons. The van der Waals surface area contributed by atoms with Crippen LogP contribution >= 0.6 is 24.0 Å². The molecular formula is C19H17N3O2S2. The van der Waals surface area contributed by atoms with Gasteiger partial charge < -0.3 is 20.4 Å². The molecule has 0 saturated heterocycles. The Morgan fingerprint density at radius 2 is 1.62 bits per heavy atom. The second-order valence-electron chi connectivity index (χ2n) is 5.32. The van der Waals surface area contributed by atoms with E-state index < -0.39 is 0 Å². The molecule has 0 spiro atoms. The lowest BCUT2D eigenvalue weighted by Gasteiger charge is -2.12. The van der Waals surface area contributed by atoms with Crippen LogP contribution in [0, 0.1) is 0 Å². The van der Waals surface area contributed by atoms with Crippen molar-refractivity contribution < 1.29 is 9.21 Å². The lowest BCUT2D eigenvalue weighted by molar-refractivity contribution is 0.0996. The van der Waals surface area contributed by atoms with Crippen LogP contribution in [0.1, 0.15) is 10.6 Å². The van der Waals surface area contributed by atoms with Gasteiger partial charge in [0.15, 0.2) is 10.9 Å². The maximum absolute atomic E-state index is 11.9. The first-order valence-electron chi connectivity index (χ1n) is 7.81. The van der Waals surface area contributed by atoms with Crippen LogP contribution in [0.15, 0.2) is 76.2 Å². The van der Waals surface area contributed by atoms with E-state index in [0.717, 1.165) is 16.3 Å². The average molecular weight is 383 g/mol. The van der Waals surface area contributed by atoms with Crippen molar-refractivity contribution in [2.75, 3.05) is 22.2 Å². The molecule has 3 N–H and O–H groups in total. The number of hydrogen-bond acceptors (Lipinski definition) is 4. The summed E-state index contributed by atoms with van der Waals surface area (Å²) in [6.45, 7) is 0. The van der Waals surface area contributed by atoms with Gasteiger partial charge in [-0.1, -0.05) is 6.07 Å². The van der Waals surface area contributed by atoms with Crippen molar-refractivity contribution in [3.8, 4) is 0 Å². The minimum Gasteiger partial charge on any atom is -0.459 e. The van der Waals surface area contributed by atoms with Gasteiger partial charge in [-0.05, 0) is 73.1 Å². The Balaban J connectivity index is 1.56. The molecule has 0 aliphatic heterocycles. The van der Waals surface area contributed by atoms with Gasteiger partial charge in [-0.2, -0.15) is 0 Å². The Morgan fingerprint density at radius 3 is 2.27 bits per heavy atom. The van der Waals surface area contributed by atoms with Crippen LogP contribution in [-0.2, 0) is 0 Å². The molecule has 0 saturated carbocycles. The quantitative estimate of drug-likeness (QED) is 0.423. The van der Waals surface area contributed by atoms with Crippen molar-refractivity contribution in [2.45, 2.75) is 4.90 Å². The summed E-state index contributed by atoms with van der Waals surface area (Å²) < 4.78 is 5.07. The first-order valence-corrected chi connectivity index (χ1v) is 9.44. The number of thiocarbonyl (C=S) groups is 1. The fourth-order valence-electron chi connectivity index (χ4n) is 2.23. The van der Waals surface area contributed by atoms with E-state index in [1.54, 1.807) is 36.0 Å². The maximum Gasteiger partial charge on any atom is 0.291 e. The zero-order valence-corrected chi connectivity index (χ0v) is 15.6. The summed E-state index contributed by atoms with van der Waals surface area (Å²) in [7, 11) is 0. The van der Waals surface area contributed by atoms with E-state index in [4.69, 9.17) is 16.6 Å². The highest BCUT2D eigenvalue weighted by molar-refractivity contribution is 7.98. The number of benzene rings is 2. The van der Waals surface area contributed by atoms with E-state index in [1.807, 2.05) is 42.7 Å². The number of anilines is 3. The predicted molar refractivity (Wildman–Crippen MR) is 111 cm³/mol. The molecule has 3 aromatic rings. The van der Waals surface area contributed by atoms with Gasteiger partial charge in [0.2, 0.25) is 0 Å². The van der Waals surface area contributed by atoms with Gasteiger partial charge in [-0.25, -0.2) is 0 Å². The SMILES string of the molecule is CSc1cccc(NC(=S)Nc2ccc(NC(=O)c3ccco3)cc2)c1. The molecule has 7 heteroatoms. The van der Waals surface area contributed by atoms with Gasteiger partial charge in [-0.15, -0.1) is 11.8 Å². The number of rotatable bonds is 5. The Hall–Kier alpha value is -2.77. The topological polar surface area (TPSA) is 66.3 Å². The molecule has 26 heavy (non-hydrogen) atoms. The molecule has 1 heterocycles. The minimum atomic E-state index is -0.290. The number of thioether (sulfide) groups is 1. The van der Waals surface area contributed by atoms with E-state index in [1.165, 1.54) is 6.26 Å². The Bertz CT molecular complexity index is 893. The van der Waals surface area contributed by atoms with Crippen molar-refractivity contribution in [1.29, 1.82) is 0 Å². The second kappa shape index (κ2) is 8.55. The van der Waals surface area contributed by atoms with Crippen LogP contribution in [-0.4, -0.2) is 17.3 Å². The van der Waals surface area contributed by atoms with E-state index in [-0.39, 0.29) is 11.7 Å². The monoisotopic (exact) mass is 383 g/mol. The van der Waals surface area contributed by atoms with Gasteiger partial charge in [0.25, 0.3) is 5.91 Å². The largest absolute Gasteiger partial charge is 0.459 e. The van der Waals surface area contributed by atoms with E-state index in [0.29, 0.717) is 10.8 Å². The van der Waals surface area contributed by atoms with Gasteiger partial charge >= 0.3 is 0 Å². The van der Waals surface area contributed by atoms with Crippen molar-refractivity contribution >= 4 is 52.1 Å². The van der Waals surface area contributed by atoms with Crippen molar-refractivity contribution in [3.63, 3.8) is 0 Å². The van der Waals surface area contributed by atoms with Gasteiger partial charge in [0.1, 0.15) is 0 Å². The smallest absolute Gasteiger partial charge is 0.291 e. The van der Waals surface area contributed by atoms with Crippen LogP contribution in [0.4, 0.5) is 17.1 Å². The van der Waals surface area contributed by atoms with Crippen LogP contribution in [0.2, 0.25) is 0 Å². The number of amides is 1. The highest BCUT2D eigenvalue weighted by Crippen LogP contribution is 2.20. The predicted octanol–water partition coefficient (Wildman–Crippen LogP) is 5.06. The zero-order chi connectivity index (χ0) is 18.4. The lowest BCUT2D eigenvalue weighted by atomic mass is 10.2. The fourth-order valence-corrected chi connectivity index (χ4v) is 2.93. The van der Waals surface area contributed by atoms with E-state index in [2.05, 4.69) is 16.0 Å². The van der Waals surface area contributed by atoms with Gasteiger partial charge in [0.05, 0.1) is 6.26 Å². The van der Waals surface area contributed by atoms with Crippen molar-refractivity contribution in [1.82, 2.24) is 0 Å². The molecule has 2 aromatic carbocycles. The molecule has 0 bridgehead atoms. The van der Waals surface area contributed by atoms with Gasteiger partial charge in [0, 0.05) is 22.0 Å². The van der Waals surface area contributed by atoms with E-state index in [9.17, 15) is 4.79 Å². The Labute approximate surface area is 161 Å². The normalized spacial score (nSPS) is 10.2. The summed E-state index contributed by atoms with van der Waals surface area (Å²) >= 11 is 7.02. The standard InChI is InChI=1S/C19H17N3O2S2/c1-26-16-5-2-4-15(12-16)22-19(25)21-14-9-7-13(8-10-14)20-18(23)17-6-3-11-24-17/h2-12H,1H3,(H,20,23)(H2,21,22,25).